The van der Waals surface area contributed by atoms with Crippen molar-refractivity contribution in [3.8, 4) is 17.2 Å². The molecule has 5 heteroatoms. The highest BCUT2D eigenvalue weighted by atomic mass is 79.9. The van der Waals surface area contributed by atoms with E-state index in [2.05, 4.69) is 15.9 Å². The molecule has 0 bridgehead atoms. The van der Waals surface area contributed by atoms with Crippen LogP contribution in [0.2, 0.25) is 5.02 Å². The zero-order valence-corrected chi connectivity index (χ0v) is 13.4. The van der Waals surface area contributed by atoms with Gasteiger partial charge in [-0.25, -0.2) is 0 Å². The molecule has 0 amide bonds. The maximum Gasteiger partial charge on any atom is 0.147 e. The summed E-state index contributed by atoms with van der Waals surface area (Å²) in [5, 5.41) is 0.543. The van der Waals surface area contributed by atoms with Crippen molar-refractivity contribution in [2.24, 2.45) is 0 Å². The minimum atomic E-state index is 0.543. The van der Waals surface area contributed by atoms with Crippen LogP contribution in [0.5, 0.6) is 17.2 Å². The topological polar surface area (TPSA) is 44.5 Å². The summed E-state index contributed by atoms with van der Waals surface area (Å²) in [7, 11) is 0. The van der Waals surface area contributed by atoms with Crippen molar-refractivity contribution in [1.82, 2.24) is 0 Å². The number of halogens is 2. The van der Waals surface area contributed by atoms with Crippen LogP contribution in [0.3, 0.4) is 0 Å². The summed E-state index contributed by atoms with van der Waals surface area (Å²) < 4.78 is 12.2. The number of hydrogen-bond donors (Lipinski definition) is 1. The first-order valence-corrected chi connectivity index (χ1v) is 7.42. The Morgan fingerprint density at radius 1 is 1.15 bits per heavy atom. The number of nitrogen functional groups attached to an aromatic ring is 1. The maximum atomic E-state index is 6.10. The lowest BCUT2D eigenvalue weighted by Crippen LogP contribution is -1.99. The Bertz CT molecular complexity index is 604. The molecule has 0 fully saturated rings. The van der Waals surface area contributed by atoms with E-state index >= 15 is 0 Å². The van der Waals surface area contributed by atoms with Crippen LogP contribution in [0, 0.1) is 0 Å². The fraction of sp³-hybridized carbons (Fsp3) is 0.200. The van der Waals surface area contributed by atoms with Crippen LogP contribution in [-0.2, 0) is 0 Å². The van der Waals surface area contributed by atoms with Crippen molar-refractivity contribution in [2.75, 3.05) is 12.3 Å². The van der Waals surface area contributed by atoms with Crippen molar-refractivity contribution in [1.29, 1.82) is 0 Å². The predicted octanol–water partition coefficient (Wildman–Crippen LogP) is 5.27. The molecule has 2 N–H and O–H groups in total. The average molecular weight is 357 g/mol. The second-order valence-corrected chi connectivity index (χ2v) is 5.55. The SMILES string of the molecule is CCCOc1cc(Oc2cc(Br)ccc2Cl)ccc1N. The lowest BCUT2D eigenvalue weighted by atomic mass is 10.2. The van der Waals surface area contributed by atoms with Crippen molar-refractivity contribution in [3.63, 3.8) is 0 Å². The molecule has 0 unspecified atom stereocenters. The van der Waals surface area contributed by atoms with Gasteiger partial charge in [-0.05, 0) is 36.8 Å². The number of nitrogens with two attached hydrogens (primary N) is 1. The summed E-state index contributed by atoms with van der Waals surface area (Å²) in [5.41, 5.74) is 6.45. The van der Waals surface area contributed by atoms with Crippen LogP contribution < -0.4 is 15.2 Å². The first-order chi connectivity index (χ1) is 9.60. The smallest absolute Gasteiger partial charge is 0.147 e. The highest BCUT2D eigenvalue weighted by Crippen LogP contribution is 2.34. The molecule has 106 valence electrons. The molecule has 0 aliphatic carbocycles. The van der Waals surface area contributed by atoms with Gasteiger partial charge < -0.3 is 15.2 Å². The van der Waals surface area contributed by atoms with Gasteiger partial charge in [-0.3, -0.25) is 0 Å². The summed E-state index contributed by atoms with van der Waals surface area (Å²) in [5.74, 6) is 1.83. The van der Waals surface area contributed by atoms with Gasteiger partial charge in [-0.15, -0.1) is 0 Å². The first kappa shape index (κ1) is 15.0. The Morgan fingerprint density at radius 2 is 1.95 bits per heavy atom. The van der Waals surface area contributed by atoms with Gasteiger partial charge in [-0.1, -0.05) is 34.5 Å². The fourth-order valence-corrected chi connectivity index (χ4v) is 2.09. The highest BCUT2D eigenvalue weighted by Gasteiger charge is 2.07. The zero-order valence-electron chi connectivity index (χ0n) is 11.0. The molecule has 2 aromatic rings. The third-order valence-corrected chi connectivity index (χ3v) is 3.37. The molecule has 0 aromatic heterocycles. The van der Waals surface area contributed by atoms with Gasteiger partial charge in [0.15, 0.2) is 0 Å². The van der Waals surface area contributed by atoms with Crippen LogP contribution >= 0.6 is 27.5 Å². The van der Waals surface area contributed by atoms with Crippen LogP contribution in [-0.4, -0.2) is 6.61 Å². The highest BCUT2D eigenvalue weighted by molar-refractivity contribution is 9.10. The Hall–Kier alpha value is -1.39. The van der Waals surface area contributed by atoms with E-state index in [4.69, 9.17) is 26.8 Å². The molecule has 0 aliphatic heterocycles. The molecule has 3 nitrogen and oxygen atoms in total. The summed E-state index contributed by atoms with van der Waals surface area (Å²) in [4.78, 5) is 0. The third kappa shape index (κ3) is 3.81. The summed E-state index contributed by atoms with van der Waals surface area (Å²) in [6, 6.07) is 10.7. The number of ether oxygens (including phenoxy) is 2. The van der Waals surface area contributed by atoms with E-state index in [0.29, 0.717) is 34.6 Å². The quantitative estimate of drug-likeness (QED) is 0.743. The number of hydrogen-bond acceptors (Lipinski definition) is 3. The lowest BCUT2D eigenvalue weighted by molar-refractivity contribution is 0.317. The molecule has 0 saturated heterocycles. The van der Waals surface area contributed by atoms with Gasteiger partial charge in [0.05, 0.1) is 17.3 Å². The van der Waals surface area contributed by atoms with E-state index in [0.717, 1.165) is 10.9 Å². The summed E-state index contributed by atoms with van der Waals surface area (Å²) in [6.07, 6.45) is 0.919. The van der Waals surface area contributed by atoms with Gasteiger partial charge in [0.25, 0.3) is 0 Å². The average Bonchev–Trinajstić information content (AvgIpc) is 2.43. The van der Waals surface area contributed by atoms with E-state index in [-0.39, 0.29) is 0 Å². The second-order valence-electron chi connectivity index (χ2n) is 4.22. The van der Waals surface area contributed by atoms with Crippen LogP contribution in [0.1, 0.15) is 13.3 Å². The molecule has 0 aliphatic rings. The largest absolute Gasteiger partial charge is 0.491 e. The van der Waals surface area contributed by atoms with E-state index in [1.165, 1.54) is 0 Å². The minimum absolute atomic E-state index is 0.543. The predicted molar refractivity (Wildman–Crippen MR) is 85.9 cm³/mol. The number of anilines is 1. The molecule has 0 heterocycles. The molecule has 0 spiro atoms. The van der Waals surface area contributed by atoms with E-state index in [1.54, 1.807) is 24.3 Å². The monoisotopic (exact) mass is 355 g/mol. The minimum Gasteiger partial charge on any atom is -0.491 e. The Balaban J connectivity index is 2.22. The van der Waals surface area contributed by atoms with E-state index in [1.807, 2.05) is 19.1 Å². The van der Waals surface area contributed by atoms with Crippen LogP contribution in [0.4, 0.5) is 5.69 Å². The van der Waals surface area contributed by atoms with Gasteiger partial charge in [-0.2, -0.15) is 0 Å². The maximum absolute atomic E-state index is 6.10. The standard InChI is InChI=1S/C15H15BrClNO2/c1-2-7-19-15-9-11(4-6-13(15)18)20-14-8-10(16)3-5-12(14)17/h3-6,8-9H,2,7,18H2,1H3. The van der Waals surface area contributed by atoms with Gasteiger partial charge in [0.1, 0.15) is 17.2 Å². The van der Waals surface area contributed by atoms with Crippen LogP contribution in [0.25, 0.3) is 0 Å². The Labute approximate surface area is 131 Å². The van der Waals surface area contributed by atoms with Crippen LogP contribution in [0.15, 0.2) is 40.9 Å². The lowest BCUT2D eigenvalue weighted by Gasteiger charge is -2.12. The molecule has 2 aromatic carbocycles. The zero-order chi connectivity index (χ0) is 14.5. The van der Waals surface area contributed by atoms with Crippen molar-refractivity contribution >= 4 is 33.2 Å². The first-order valence-electron chi connectivity index (χ1n) is 6.25. The van der Waals surface area contributed by atoms with Gasteiger partial charge >= 0.3 is 0 Å². The van der Waals surface area contributed by atoms with Crippen molar-refractivity contribution in [2.45, 2.75) is 13.3 Å². The second kappa shape index (κ2) is 6.86. The summed E-state index contributed by atoms with van der Waals surface area (Å²) >= 11 is 9.49. The Morgan fingerprint density at radius 3 is 2.70 bits per heavy atom. The number of benzene rings is 2. The van der Waals surface area contributed by atoms with E-state index in [9.17, 15) is 0 Å². The van der Waals surface area contributed by atoms with Crippen molar-refractivity contribution < 1.29 is 9.47 Å². The third-order valence-electron chi connectivity index (χ3n) is 2.57. The van der Waals surface area contributed by atoms with Gasteiger partial charge in [0, 0.05) is 10.5 Å². The fourth-order valence-electron chi connectivity index (χ4n) is 1.60. The molecular weight excluding hydrogens is 342 g/mol. The molecule has 2 rings (SSSR count). The van der Waals surface area contributed by atoms with E-state index < -0.39 is 0 Å². The van der Waals surface area contributed by atoms with Gasteiger partial charge in [0.2, 0.25) is 0 Å². The molecule has 0 saturated carbocycles. The molecular formula is C15H15BrClNO2. The number of rotatable bonds is 5. The molecule has 0 atom stereocenters. The normalized spacial score (nSPS) is 10.3. The molecule has 0 radical (unpaired) electrons. The Kier molecular flexibility index (Phi) is 5.15. The van der Waals surface area contributed by atoms with Crippen molar-refractivity contribution in [3.05, 3.63) is 45.9 Å². The summed E-state index contributed by atoms with van der Waals surface area (Å²) in [6.45, 7) is 2.66. The molecule has 20 heavy (non-hydrogen) atoms.